The van der Waals surface area contributed by atoms with E-state index in [9.17, 15) is 19.5 Å². The van der Waals surface area contributed by atoms with Crippen molar-refractivity contribution in [1.82, 2.24) is 5.32 Å². The molecule has 0 radical (unpaired) electrons. The lowest BCUT2D eigenvalue weighted by atomic mass is 10.1. The van der Waals surface area contributed by atoms with Crippen LogP contribution in [0, 0.1) is 0 Å². The number of hydrogen-bond donors (Lipinski definition) is 2. The monoisotopic (exact) mass is 337 g/mol. The zero-order valence-corrected chi connectivity index (χ0v) is 14.3. The van der Waals surface area contributed by atoms with Crippen molar-refractivity contribution in [2.75, 3.05) is 0 Å². The molecule has 2 N–H and O–H groups in total. The van der Waals surface area contributed by atoms with Gasteiger partial charge in [-0.2, -0.15) is 0 Å². The van der Waals surface area contributed by atoms with Gasteiger partial charge < -0.3 is 14.6 Å². The van der Waals surface area contributed by atoms with Gasteiger partial charge in [0, 0.05) is 25.3 Å². The number of hydrogen-bond acceptors (Lipinski definition) is 6. The van der Waals surface area contributed by atoms with Crippen LogP contribution in [0.3, 0.4) is 0 Å². The summed E-state index contributed by atoms with van der Waals surface area (Å²) in [4.78, 5) is 35.0. The molecule has 0 heterocycles. The number of amides is 1. The summed E-state index contributed by atoms with van der Waals surface area (Å²) in [5, 5.41) is 11.6. The molecule has 7 heteroatoms. The molecule has 0 fully saturated rings. The maximum absolute atomic E-state index is 12.1. The molecule has 0 aliphatic heterocycles. The quantitative estimate of drug-likeness (QED) is 0.470. The number of phenols is 1. The molecule has 0 unspecified atom stereocenters. The Hall–Kier alpha value is -2.57. The Labute approximate surface area is 141 Å². The molecular weight excluding hydrogens is 314 g/mol. The number of carbonyl (C=O) groups excluding carboxylic acids is 3. The molecule has 0 saturated carbocycles. The standard InChI is InChI=1S/C17H23NO6/c1-11(19)23-15(18-16(22)24-17(2,3)4)10-9-14(21)12-5-7-13(20)8-6-12/h5-8,15,20H,9-10H2,1-4H3,(H,18,22)/t15-/m1/s1. The highest BCUT2D eigenvalue weighted by atomic mass is 16.6. The van der Waals surface area contributed by atoms with E-state index in [2.05, 4.69) is 5.32 Å². The fourth-order valence-electron chi connectivity index (χ4n) is 1.85. The number of Topliss-reactive ketones (excluding diaryl/α,β-unsaturated/α-hetero) is 1. The summed E-state index contributed by atoms with van der Waals surface area (Å²) < 4.78 is 10.1. The third-order valence-electron chi connectivity index (χ3n) is 2.81. The second-order valence-electron chi connectivity index (χ2n) is 6.25. The molecule has 0 saturated heterocycles. The van der Waals surface area contributed by atoms with E-state index in [1.807, 2.05) is 0 Å². The second-order valence-corrected chi connectivity index (χ2v) is 6.25. The van der Waals surface area contributed by atoms with Crippen LogP contribution in [-0.2, 0) is 14.3 Å². The van der Waals surface area contributed by atoms with Crippen LogP contribution in [0.15, 0.2) is 24.3 Å². The minimum atomic E-state index is -0.960. The molecule has 7 nitrogen and oxygen atoms in total. The zero-order valence-electron chi connectivity index (χ0n) is 14.3. The smallest absolute Gasteiger partial charge is 0.410 e. The van der Waals surface area contributed by atoms with E-state index in [1.165, 1.54) is 31.2 Å². The lowest BCUT2D eigenvalue weighted by Gasteiger charge is -2.23. The van der Waals surface area contributed by atoms with E-state index >= 15 is 0 Å². The molecule has 1 amide bonds. The van der Waals surface area contributed by atoms with Crippen molar-refractivity contribution in [3.05, 3.63) is 29.8 Å². The number of carbonyl (C=O) groups is 3. The van der Waals surface area contributed by atoms with Crippen LogP contribution >= 0.6 is 0 Å². The van der Waals surface area contributed by atoms with Crippen LogP contribution in [0.1, 0.15) is 50.9 Å². The number of rotatable bonds is 6. The van der Waals surface area contributed by atoms with Crippen molar-refractivity contribution >= 4 is 17.8 Å². The molecule has 1 aromatic rings. The highest BCUT2D eigenvalue weighted by molar-refractivity contribution is 5.96. The van der Waals surface area contributed by atoms with Crippen molar-refractivity contribution in [3.8, 4) is 5.75 Å². The van der Waals surface area contributed by atoms with Gasteiger partial charge in [-0.3, -0.25) is 14.9 Å². The molecular formula is C17H23NO6. The molecule has 0 bridgehead atoms. The Morgan fingerprint density at radius 1 is 1.17 bits per heavy atom. The Balaban J connectivity index is 2.62. The van der Waals surface area contributed by atoms with Crippen LogP contribution in [0.5, 0.6) is 5.75 Å². The van der Waals surface area contributed by atoms with E-state index in [1.54, 1.807) is 20.8 Å². The number of aromatic hydroxyl groups is 1. The average molecular weight is 337 g/mol. The third-order valence-corrected chi connectivity index (χ3v) is 2.81. The first-order chi connectivity index (χ1) is 11.1. The Kier molecular flexibility index (Phi) is 6.76. The summed E-state index contributed by atoms with van der Waals surface area (Å²) in [6.45, 7) is 6.34. The molecule has 0 spiro atoms. The predicted octanol–water partition coefficient (Wildman–Crippen LogP) is 2.77. The summed E-state index contributed by atoms with van der Waals surface area (Å²) >= 11 is 0. The van der Waals surface area contributed by atoms with Gasteiger partial charge in [-0.05, 0) is 45.0 Å². The molecule has 1 rings (SSSR count). The molecule has 0 aliphatic carbocycles. The zero-order chi connectivity index (χ0) is 18.3. The summed E-state index contributed by atoms with van der Waals surface area (Å²) in [5.41, 5.74) is -0.265. The largest absolute Gasteiger partial charge is 0.508 e. The predicted molar refractivity (Wildman–Crippen MR) is 86.6 cm³/mol. The van der Waals surface area contributed by atoms with Gasteiger partial charge >= 0.3 is 12.1 Å². The van der Waals surface area contributed by atoms with Crippen molar-refractivity contribution in [2.45, 2.75) is 52.4 Å². The first-order valence-corrected chi connectivity index (χ1v) is 7.56. The summed E-state index contributed by atoms with van der Waals surface area (Å²) in [5.74, 6) is -0.706. The lowest BCUT2D eigenvalue weighted by Crippen LogP contribution is -2.41. The SMILES string of the molecule is CC(=O)O[C@H](CCC(=O)c1ccc(O)cc1)NC(=O)OC(C)(C)C. The van der Waals surface area contributed by atoms with E-state index < -0.39 is 23.9 Å². The topological polar surface area (TPSA) is 102 Å². The number of ketones is 1. The number of ether oxygens (including phenoxy) is 2. The van der Waals surface area contributed by atoms with E-state index in [0.717, 1.165) is 0 Å². The van der Waals surface area contributed by atoms with E-state index in [-0.39, 0.29) is 24.4 Å². The number of phenolic OH excluding ortho intramolecular Hbond substituents is 1. The van der Waals surface area contributed by atoms with Gasteiger partial charge in [0.1, 0.15) is 11.4 Å². The highest BCUT2D eigenvalue weighted by Gasteiger charge is 2.22. The average Bonchev–Trinajstić information content (AvgIpc) is 2.42. The fraction of sp³-hybridized carbons (Fsp3) is 0.471. The van der Waals surface area contributed by atoms with Crippen molar-refractivity contribution in [1.29, 1.82) is 0 Å². The van der Waals surface area contributed by atoms with Gasteiger partial charge in [0.15, 0.2) is 12.0 Å². The maximum Gasteiger partial charge on any atom is 0.410 e. The van der Waals surface area contributed by atoms with Crippen molar-refractivity contribution < 1.29 is 29.0 Å². The first-order valence-electron chi connectivity index (χ1n) is 7.56. The van der Waals surface area contributed by atoms with Crippen LogP contribution in [-0.4, -0.2) is 34.8 Å². The van der Waals surface area contributed by atoms with Crippen LogP contribution in [0.25, 0.3) is 0 Å². The van der Waals surface area contributed by atoms with E-state index in [4.69, 9.17) is 9.47 Å². The molecule has 0 aliphatic rings. The van der Waals surface area contributed by atoms with Crippen LogP contribution < -0.4 is 5.32 Å². The summed E-state index contributed by atoms with van der Waals surface area (Å²) in [6.07, 6.45) is -1.53. The fourth-order valence-corrected chi connectivity index (χ4v) is 1.85. The van der Waals surface area contributed by atoms with Gasteiger partial charge in [-0.1, -0.05) is 0 Å². The molecule has 0 aromatic heterocycles. The first kappa shape index (κ1) is 19.5. The molecule has 1 aromatic carbocycles. The minimum absolute atomic E-state index is 0.0541. The molecule has 24 heavy (non-hydrogen) atoms. The minimum Gasteiger partial charge on any atom is -0.508 e. The molecule has 1 atom stereocenters. The van der Waals surface area contributed by atoms with Crippen molar-refractivity contribution in [2.24, 2.45) is 0 Å². The van der Waals surface area contributed by atoms with Gasteiger partial charge in [0.05, 0.1) is 0 Å². The van der Waals surface area contributed by atoms with Gasteiger partial charge in [-0.15, -0.1) is 0 Å². The number of benzene rings is 1. The third kappa shape index (κ3) is 7.62. The second kappa shape index (κ2) is 8.33. The number of esters is 1. The van der Waals surface area contributed by atoms with Gasteiger partial charge in [-0.25, -0.2) is 4.79 Å². The Bertz CT molecular complexity index is 588. The van der Waals surface area contributed by atoms with E-state index in [0.29, 0.717) is 5.56 Å². The van der Waals surface area contributed by atoms with Gasteiger partial charge in [0.25, 0.3) is 0 Å². The summed E-state index contributed by atoms with van der Waals surface area (Å²) in [7, 11) is 0. The Morgan fingerprint density at radius 2 is 1.75 bits per heavy atom. The Morgan fingerprint density at radius 3 is 2.25 bits per heavy atom. The number of alkyl carbamates (subject to hydrolysis) is 1. The normalized spacial score (nSPS) is 12.2. The highest BCUT2D eigenvalue weighted by Crippen LogP contribution is 2.14. The van der Waals surface area contributed by atoms with Crippen LogP contribution in [0.2, 0.25) is 0 Å². The van der Waals surface area contributed by atoms with Crippen molar-refractivity contribution in [3.63, 3.8) is 0 Å². The summed E-state index contributed by atoms with van der Waals surface area (Å²) in [6, 6.07) is 5.82. The van der Waals surface area contributed by atoms with Gasteiger partial charge in [0.2, 0.25) is 0 Å². The lowest BCUT2D eigenvalue weighted by molar-refractivity contribution is -0.147. The van der Waals surface area contributed by atoms with Crippen LogP contribution in [0.4, 0.5) is 4.79 Å². The molecule has 132 valence electrons. The maximum atomic E-state index is 12.1. The number of nitrogens with one attached hydrogen (secondary N) is 1.